The third-order valence-electron chi connectivity index (χ3n) is 3.04. The second kappa shape index (κ2) is 7.19. The topological polar surface area (TPSA) is 127 Å². The van der Waals surface area contributed by atoms with Gasteiger partial charge in [0.1, 0.15) is 0 Å². The molecule has 0 spiro atoms. The van der Waals surface area contributed by atoms with Crippen LogP contribution < -0.4 is 0 Å². The van der Waals surface area contributed by atoms with Crippen molar-refractivity contribution < 1.29 is 36.0 Å². The van der Waals surface area contributed by atoms with Gasteiger partial charge in [-0.2, -0.15) is 8.42 Å². The van der Waals surface area contributed by atoms with Crippen LogP contribution in [-0.2, 0) is 29.3 Å². The standard InChI is InChI=1S/C13H12O8S3/c1-9-5-6-11(8-13(9)22-21-20-14)23(15,16)10-3-2-4-12(7-10)24(17,18)19/h2-8,14H,1H3,(H,17,18,19). The van der Waals surface area contributed by atoms with Crippen LogP contribution in [0.1, 0.15) is 5.56 Å². The maximum Gasteiger partial charge on any atom is 0.294 e. The predicted molar refractivity (Wildman–Crippen MR) is 83.5 cm³/mol. The summed E-state index contributed by atoms with van der Waals surface area (Å²) in [5.74, 6) is 0. The molecule has 0 aromatic heterocycles. The minimum Gasteiger partial charge on any atom is -0.282 e. The zero-order chi connectivity index (χ0) is 18.0. The molecule has 11 heteroatoms. The lowest BCUT2D eigenvalue weighted by Crippen LogP contribution is -2.05. The van der Waals surface area contributed by atoms with Crippen LogP contribution in [-0.4, -0.2) is 26.6 Å². The van der Waals surface area contributed by atoms with Gasteiger partial charge in [-0.05, 0) is 42.8 Å². The van der Waals surface area contributed by atoms with Gasteiger partial charge in [0.05, 0.1) is 26.7 Å². The lowest BCUT2D eigenvalue weighted by molar-refractivity contribution is -0.432. The lowest BCUT2D eigenvalue weighted by atomic mass is 10.2. The lowest BCUT2D eigenvalue weighted by Gasteiger charge is -2.09. The van der Waals surface area contributed by atoms with Crippen LogP contribution in [0.25, 0.3) is 0 Å². The van der Waals surface area contributed by atoms with E-state index < -0.39 is 24.9 Å². The van der Waals surface area contributed by atoms with Gasteiger partial charge in [-0.3, -0.25) is 4.55 Å². The van der Waals surface area contributed by atoms with Crippen LogP contribution in [0.3, 0.4) is 0 Å². The Kier molecular flexibility index (Phi) is 5.65. The normalized spacial score (nSPS) is 12.3. The number of hydrogen-bond acceptors (Lipinski definition) is 8. The molecule has 0 saturated carbocycles. The zero-order valence-electron chi connectivity index (χ0n) is 12.1. The Bertz CT molecular complexity index is 951. The number of rotatable bonds is 6. The first kappa shape index (κ1) is 18.9. The van der Waals surface area contributed by atoms with Crippen LogP contribution in [0.15, 0.2) is 62.0 Å². The van der Waals surface area contributed by atoms with Gasteiger partial charge >= 0.3 is 0 Å². The first-order valence-corrected chi connectivity index (χ1v) is 9.91. The minimum absolute atomic E-state index is 0.121. The third kappa shape index (κ3) is 4.13. The third-order valence-corrected chi connectivity index (χ3v) is 6.38. The molecular formula is C13H12O8S3. The van der Waals surface area contributed by atoms with Crippen molar-refractivity contribution in [2.45, 2.75) is 26.5 Å². The summed E-state index contributed by atoms with van der Waals surface area (Å²) in [6.07, 6.45) is 0. The second-order valence-corrected chi connectivity index (χ2v) is 8.72. The van der Waals surface area contributed by atoms with Crippen LogP contribution in [0.4, 0.5) is 0 Å². The van der Waals surface area contributed by atoms with E-state index in [-0.39, 0.29) is 9.79 Å². The number of benzene rings is 2. The molecule has 0 heterocycles. The van der Waals surface area contributed by atoms with Gasteiger partial charge in [0.2, 0.25) is 9.84 Å². The highest BCUT2D eigenvalue weighted by molar-refractivity contribution is 7.94. The van der Waals surface area contributed by atoms with Crippen molar-refractivity contribution in [2.75, 3.05) is 0 Å². The van der Waals surface area contributed by atoms with E-state index >= 15 is 0 Å². The van der Waals surface area contributed by atoms with Gasteiger partial charge in [-0.15, -0.1) is 4.33 Å². The molecule has 0 radical (unpaired) electrons. The number of sulfone groups is 1. The maximum absolute atomic E-state index is 12.6. The molecule has 0 aliphatic heterocycles. The molecule has 0 amide bonds. The summed E-state index contributed by atoms with van der Waals surface area (Å²) < 4.78 is 61.0. The quantitative estimate of drug-likeness (QED) is 0.330. The maximum atomic E-state index is 12.6. The zero-order valence-corrected chi connectivity index (χ0v) is 14.6. The van der Waals surface area contributed by atoms with Crippen molar-refractivity contribution in [3.05, 3.63) is 48.0 Å². The van der Waals surface area contributed by atoms with Crippen LogP contribution >= 0.6 is 12.0 Å². The van der Waals surface area contributed by atoms with Gasteiger partial charge in [0.15, 0.2) is 0 Å². The first-order chi connectivity index (χ1) is 11.2. The molecule has 0 saturated heterocycles. The van der Waals surface area contributed by atoms with Gasteiger partial charge in [0.25, 0.3) is 10.1 Å². The first-order valence-electron chi connectivity index (χ1n) is 6.24. The molecule has 2 aromatic carbocycles. The Morgan fingerprint density at radius 1 is 0.958 bits per heavy atom. The molecule has 130 valence electrons. The summed E-state index contributed by atoms with van der Waals surface area (Å²) >= 11 is 0.607. The smallest absolute Gasteiger partial charge is 0.282 e. The largest absolute Gasteiger partial charge is 0.294 e. The van der Waals surface area contributed by atoms with E-state index in [1.54, 1.807) is 6.92 Å². The summed E-state index contributed by atoms with van der Waals surface area (Å²) in [5.41, 5.74) is 0.669. The fourth-order valence-corrected chi connectivity index (χ4v) is 4.31. The van der Waals surface area contributed by atoms with Crippen molar-refractivity contribution in [3.63, 3.8) is 0 Å². The van der Waals surface area contributed by atoms with Gasteiger partial charge in [-0.25, -0.2) is 13.7 Å². The second-order valence-electron chi connectivity index (χ2n) is 4.61. The van der Waals surface area contributed by atoms with Crippen LogP contribution in [0, 0.1) is 6.92 Å². The molecule has 0 unspecified atom stereocenters. The van der Waals surface area contributed by atoms with Gasteiger partial charge in [0, 0.05) is 4.90 Å². The van der Waals surface area contributed by atoms with E-state index in [0.29, 0.717) is 22.5 Å². The molecule has 2 rings (SSSR count). The van der Waals surface area contributed by atoms with Crippen molar-refractivity contribution in [1.82, 2.24) is 0 Å². The summed E-state index contributed by atoms with van der Waals surface area (Å²) in [7, 11) is -8.56. The number of hydrogen-bond donors (Lipinski definition) is 2. The summed E-state index contributed by atoms with van der Waals surface area (Å²) in [5, 5.41) is 11.7. The minimum atomic E-state index is -4.53. The fraction of sp³-hybridized carbons (Fsp3) is 0.0769. The Balaban J connectivity index is 2.52. The van der Waals surface area contributed by atoms with E-state index in [0.717, 1.165) is 12.1 Å². The SMILES string of the molecule is Cc1ccc(S(=O)(=O)c2cccc(S(=O)(=O)O)c2)cc1SOOO. The highest BCUT2D eigenvalue weighted by atomic mass is 32.2. The van der Waals surface area contributed by atoms with Crippen molar-refractivity contribution in [2.24, 2.45) is 0 Å². The molecule has 0 fully saturated rings. The van der Waals surface area contributed by atoms with E-state index in [4.69, 9.17) is 9.81 Å². The van der Waals surface area contributed by atoms with Gasteiger partial charge < -0.3 is 0 Å². The highest BCUT2D eigenvalue weighted by Crippen LogP contribution is 2.29. The molecule has 0 atom stereocenters. The van der Waals surface area contributed by atoms with Gasteiger partial charge in [-0.1, -0.05) is 17.2 Å². The molecule has 8 nitrogen and oxygen atoms in total. The van der Waals surface area contributed by atoms with Crippen molar-refractivity contribution in [3.8, 4) is 0 Å². The molecular weight excluding hydrogens is 380 g/mol. The summed E-state index contributed by atoms with van der Waals surface area (Å²) in [4.78, 5) is -0.570. The van der Waals surface area contributed by atoms with Crippen molar-refractivity contribution >= 4 is 32.0 Å². The summed E-state index contributed by atoms with van der Waals surface area (Å²) in [6.45, 7) is 1.69. The number of aryl methyl sites for hydroxylation is 1. The summed E-state index contributed by atoms with van der Waals surface area (Å²) in [6, 6.07) is 8.51. The molecule has 24 heavy (non-hydrogen) atoms. The fourth-order valence-electron chi connectivity index (χ4n) is 1.83. The molecule has 2 N–H and O–H groups in total. The Morgan fingerprint density at radius 2 is 1.58 bits per heavy atom. The Hall–Kier alpha value is -1.47. The van der Waals surface area contributed by atoms with E-state index in [9.17, 15) is 16.8 Å². The average molecular weight is 392 g/mol. The van der Waals surface area contributed by atoms with Crippen LogP contribution in [0.5, 0.6) is 0 Å². The average Bonchev–Trinajstić information content (AvgIpc) is 2.53. The Labute approximate surface area is 142 Å². The van der Waals surface area contributed by atoms with E-state index in [2.05, 4.69) is 9.37 Å². The molecule has 2 aromatic rings. The monoisotopic (exact) mass is 392 g/mol. The highest BCUT2D eigenvalue weighted by Gasteiger charge is 2.21. The molecule has 0 bridgehead atoms. The predicted octanol–water partition coefficient (Wildman–Crippen LogP) is 2.50. The van der Waals surface area contributed by atoms with E-state index in [1.165, 1.54) is 30.3 Å². The molecule has 0 aliphatic carbocycles. The van der Waals surface area contributed by atoms with Crippen LogP contribution in [0.2, 0.25) is 0 Å². The molecule has 0 aliphatic rings. The van der Waals surface area contributed by atoms with E-state index in [1.807, 2.05) is 0 Å². The Morgan fingerprint density at radius 3 is 2.21 bits per heavy atom. The van der Waals surface area contributed by atoms with Crippen molar-refractivity contribution in [1.29, 1.82) is 0 Å².